The van der Waals surface area contributed by atoms with Crippen LogP contribution in [0.3, 0.4) is 0 Å². The number of aromatic nitrogens is 3. The third-order valence-corrected chi connectivity index (χ3v) is 2.10. The van der Waals surface area contributed by atoms with Gasteiger partial charge in [0.15, 0.2) is 0 Å². The standard InChI is InChI=1S/C9H9N5OS/c10-8(16)5-11-9(15)14-7-4-2-1-3-6(7)12-13-14/h1-4H,5H2,(H2,10,16)(H,11,15). The van der Waals surface area contributed by atoms with Gasteiger partial charge in [0.25, 0.3) is 0 Å². The zero-order valence-electron chi connectivity index (χ0n) is 8.25. The molecule has 1 aromatic heterocycles. The number of carbonyl (C=O) groups excluding carboxylic acids is 1. The topological polar surface area (TPSA) is 85.8 Å². The van der Waals surface area contributed by atoms with E-state index in [1.54, 1.807) is 12.1 Å². The number of fused-ring (bicyclic) bond motifs is 1. The Labute approximate surface area is 96.4 Å². The van der Waals surface area contributed by atoms with E-state index in [1.807, 2.05) is 12.1 Å². The second-order valence-electron chi connectivity index (χ2n) is 3.11. The lowest BCUT2D eigenvalue weighted by Crippen LogP contribution is -2.35. The molecule has 16 heavy (non-hydrogen) atoms. The normalized spacial score (nSPS) is 10.2. The summed E-state index contributed by atoms with van der Waals surface area (Å²) < 4.78 is 1.17. The van der Waals surface area contributed by atoms with Gasteiger partial charge in [0, 0.05) is 0 Å². The molecule has 0 aliphatic rings. The summed E-state index contributed by atoms with van der Waals surface area (Å²) in [7, 11) is 0. The van der Waals surface area contributed by atoms with Crippen molar-refractivity contribution in [1.82, 2.24) is 20.3 Å². The van der Waals surface area contributed by atoms with Crippen LogP contribution in [-0.4, -0.2) is 32.6 Å². The van der Waals surface area contributed by atoms with Crippen molar-refractivity contribution in [3.05, 3.63) is 24.3 Å². The van der Waals surface area contributed by atoms with Gasteiger partial charge < -0.3 is 11.1 Å². The van der Waals surface area contributed by atoms with Crippen molar-refractivity contribution in [1.29, 1.82) is 0 Å². The molecule has 1 heterocycles. The largest absolute Gasteiger partial charge is 0.392 e. The van der Waals surface area contributed by atoms with E-state index >= 15 is 0 Å². The monoisotopic (exact) mass is 235 g/mol. The lowest BCUT2D eigenvalue weighted by atomic mass is 10.3. The lowest BCUT2D eigenvalue weighted by molar-refractivity contribution is 0.241. The number of nitrogens with zero attached hydrogens (tertiary/aromatic N) is 3. The van der Waals surface area contributed by atoms with Crippen LogP contribution < -0.4 is 11.1 Å². The summed E-state index contributed by atoms with van der Waals surface area (Å²) in [6, 6.07) is 6.77. The molecule has 0 radical (unpaired) electrons. The average molecular weight is 235 g/mol. The van der Waals surface area contributed by atoms with E-state index in [1.165, 1.54) is 4.68 Å². The molecule has 1 amide bonds. The number of benzene rings is 1. The van der Waals surface area contributed by atoms with Gasteiger partial charge in [0.2, 0.25) is 0 Å². The highest BCUT2D eigenvalue weighted by atomic mass is 32.1. The molecule has 0 spiro atoms. The number of hydrogen-bond acceptors (Lipinski definition) is 4. The summed E-state index contributed by atoms with van der Waals surface area (Å²) in [4.78, 5) is 11.9. The Morgan fingerprint density at radius 1 is 1.50 bits per heavy atom. The van der Waals surface area contributed by atoms with Gasteiger partial charge in [0.05, 0.1) is 17.0 Å². The van der Waals surface area contributed by atoms with Crippen LogP contribution in [0.25, 0.3) is 11.0 Å². The summed E-state index contributed by atoms with van der Waals surface area (Å²) in [5.41, 5.74) is 6.58. The van der Waals surface area contributed by atoms with Crippen molar-refractivity contribution >= 4 is 34.3 Å². The molecule has 7 heteroatoms. The molecule has 0 fully saturated rings. The van der Waals surface area contributed by atoms with E-state index in [0.717, 1.165) is 0 Å². The number of nitrogens with one attached hydrogen (secondary N) is 1. The van der Waals surface area contributed by atoms with Gasteiger partial charge in [-0.25, -0.2) is 4.79 Å². The van der Waals surface area contributed by atoms with E-state index < -0.39 is 6.03 Å². The predicted octanol–water partition coefficient (Wildman–Crippen LogP) is 0.275. The van der Waals surface area contributed by atoms with Gasteiger partial charge in [-0.2, -0.15) is 4.68 Å². The molecule has 0 aliphatic heterocycles. The number of amides is 1. The fourth-order valence-electron chi connectivity index (χ4n) is 1.26. The molecule has 0 atom stereocenters. The smallest absolute Gasteiger partial charge is 0.344 e. The van der Waals surface area contributed by atoms with Crippen LogP contribution in [0.1, 0.15) is 0 Å². The summed E-state index contributed by atoms with van der Waals surface area (Å²) in [5, 5.41) is 10.1. The number of para-hydroxylation sites is 1. The summed E-state index contributed by atoms with van der Waals surface area (Å²) in [6.45, 7) is 0.141. The molecule has 3 N–H and O–H groups in total. The minimum absolute atomic E-state index is 0.141. The minimum Gasteiger partial charge on any atom is -0.392 e. The van der Waals surface area contributed by atoms with Crippen molar-refractivity contribution in [2.45, 2.75) is 0 Å². The first-order valence-corrected chi connectivity index (χ1v) is 4.96. The fraction of sp³-hybridized carbons (Fsp3) is 0.111. The molecule has 0 saturated carbocycles. The Hall–Kier alpha value is -2.02. The first-order valence-electron chi connectivity index (χ1n) is 4.55. The Morgan fingerprint density at radius 2 is 2.25 bits per heavy atom. The Morgan fingerprint density at radius 3 is 3.00 bits per heavy atom. The third kappa shape index (κ3) is 1.98. The maximum Gasteiger partial charge on any atom is 0.344 e. The average Bonchev–Trinajstić information content (AvgIpc) is 2.69. The molecule has 0 bridgehead atoms. The van der Waals surface area contributed by atoms with Crippen molar-refractivity contribution in [3.63, 3.8) is 0 Å². The molecule has 1 aromatic carbocycles. The van der Waals surface area contributed by atoms with Crippen molar-refractivity contribution in [3.8, 4) is 0 Å². The van der Waals surface area contributed by atoms with Crippen LogP contribution in [0, 0.1) is 0 Å². The van der Waals surface area contributed by atoms with Gasteiger partial charge in [-0.3, -0.25) is 0 Å². The molecule has 0 aliphatic carbocycles. The Bertz CT molecular complexity index is 550. The van der Waals surface area contributed by atoms with Gasteiger partial charge >= 0.3 is 6.03 Å². The van der Waals surface area contributed by atoms with Crippen molar-refractivity contribution < 1.29 is 4.79 Å². The van der Waals surface area contributed by atoms with E-state index in [4.69, 9.17) is 5.73 Å². The highest BCUT2D eigenvalue weighted by Crippen LogP contribution is 2.08. The summed E-state index contributed by atoms with van der Waals surface area (Å²) in [5.74, 6) is 0. The molecule has 0 saturated heterocycles. The minimum atomic E-state index is -0.401. The number of rotatable bonds is 2. The number of hydrogen-bond donors (Lipinski definition) is 2. The van der Waals surface area contributed by atoms with Crippen molar-refractivity contribution in [2.24, 2.45) is 5.73 Å². The van der Waals surface area contributed by atoms with Gasteiger partial charge in [-0.15, -0.1) is 5.10 Å². The van der Waals surface area contributed by atoms with E-state index in [2.05, 4.69) is 27.8 Å². The van der Waals surface area contributed by atoms with Crippen LogP contribution in [0.5, 0.6) is 0 Å². The zero-order valence-corrected chi connectivity index (χ0v) is 9.07. The summed E-state index contributed by atoms with van der Waals surface area (Å²) >= 11 is 4.66. The molecular formula is C9H9N5OS. The van der Waals surface area contributed by atoms with Gasteiger partial charge in [-0.05, 0) is 12.1 Å². The molecule has 82 valence electrons. The van der Waals surface area contributed by atoms with Crippen LogP contribution in [0.4, 0.5) is 4.79 Å². The molecule has 0 unspecified atom stereocenters. The SMILES string of the molecule is NC(=S)CNC(=O)n1nnc2ccccc21. The lowest BCUT2D eigenvalue weighted by Gasteiger charge is -2.02. The van der Waals surface area contributed by atoms with Crippen LogP contribution in [0.15, 0.2) is 24.3 Å². The molecule has 2 aromatic rings. The number of thiocarbonyl (C=S) groups is 1. The third-order valence-electron chi connectivity index (χ3n) is 1.96. The fourth-order valence-corrected chi connectivity index (χ4v) is 1.33. The molecule has 6 nitrogen and oxygen atoms in total. The number of carbonyl (C=O) groups is 1. The van der Waals surface area contributed by atoms with E-state index in [0.29, 0.717) is 11.0 Å². The second kappa shape index (κ2) is 4.23. The number of nitrogens with two attached hydrogens (primary N) is 1. The maximum absolute atomic E-state index is 11.7. The van der Waals surface area contributed by atoms with E-state index in [-0.39, 0.29) is 11.5 Å². The van der Waals surface area contributed by atoms with Crippen LogP contribution >= 0.6 is 12.2 Å². The summed E-state index contributed by atoms with van der Waals surface area (Å²) in [6.07, 6.45) is 0. The molecule has 2 rings (SSSR count). The maximum atomic E-state index is 11.7. The Kier molecular flexibility index (Phi) is 2.78. The highest BCUT2D eigenvalue weighted by Gasteiger charge is 2.10. The van der Waals surface area contributed by atoms with Gasteiger partial charge in [-0.1, -0.05) is 29.6 Å². The Balaban J connectivity index is 2.26. The zero-order chi connectivity index (χ0) is 11.5. The van der Waals surface area contributed by atoms with Crippen molar-refractivity contribution in [2.75, 3.05) is 6.54 Å². The predicted molar refractivity (Wildman–Crippen MR) is 63.1 cm³/mol. The van der Waals surface area contributed by atoms with Gasteiger partial charge in [0.1, 0.15) is 5.52 Å². The quantitative estimate of drug-likeness (QED) is 0.730. The first-order chi connectivity index (χ1) is 7.68. The highest BCUT2D eigenvalue weighted by molar-refractivity contribution is 7.80. The van der Waals surface area contributed by atoms with Crippen LogP contribution in [-0.2, 0) is 0 Å². The molecular weight excluding hydrogens is 226 g/mol. The van der Waals surface area contributed by atoms with E-state index in [9.17, 15) is 4.79 Å². The van der Waals surface area contributed by atoms with Crippen LogP contribution in [0.2, 0.25) is 0 Å². The first kappa shape index (κ1) is 10.5. The second-order valence-corrected chi connectivity index (χ2v) is 3.64.